The van der Waals surface area contributed by atoms with Crippen LogP contribution in [-0.2, 0) is 14.3 Å². The van der Waals surface area contributed by atoms with Crippen molar-refractivity contribution in [1.29, 1.82) is 0 Å². The van der Waals surface area contributed by atoms with Gasteiger partial charge in [-0.05, 0) is 53.9 Å². The minimum Gasteiger partial charge on any atom is -0.479 e. The van der Waals surface area contributed by atoms with Crippen LogP contribution in [0.25, 0.3) is 11.1 Å². The molecule has 5 rings (SSSR count). The summed E-state index contributed by atoms with van der Waals surface area (Å²) in [6.45, 7) is 0.217. The third kappa shape index (κ3) is 4.14. The van der Waals surface area contributed by atoms with Crippen LogP contribution in [0.3, 0.4) is 0 Å². The summed E-state index contributed by atoms with van der Waals surface area (Å²) in [5.74, 6) is -1.79. The third-order valence-corrected chi connectivity index (χ3v) is 7.16. The number of carbonyl (C=O) groups excluding carboxylic acids is 2. The van der Waals surface area contributed by atoms with E-state index in [9.17, 15) is 24.6 Å². The molecule has 1 saturated carbocycles. The van der Waals surface area contributed by atoms with Gasteiger partial charge in [0.25, 0.3) is 0 Å². The number of alkyl carbamates (subject to hydrolysis) is 1. The molecule has 0 bridgehead atoms. The first-order valence-corrected chi connectivity index (χ1v) is 11.7. The average molecular weight is 465 g/mol. The third-order valence-electron chi connectivity index (χ3n) is 7.16. The van der Waals surface area contributed by atoms with Gasteiger partial charge in [-0.15, -0.1) is 0 Å². The van der Waals surface area contributed by atoms with Crippen molar-refractivity contribution in [3.05, 3.63) is 59.7 Å². The summed E-state index contributed by atoms with van der Waals surface area (Å²) in [5, 5.41) is 22.4. The molecule has 2 unspecified atom stereocenters. The van der Waals surface area contributed by atoms with Gasteiger partial charge in [0.1, 0.15) is 12.6 Å². The lowest BCUT2D eigenvalue weighted by atomic mass is 9.92. The summed E-state index contributed by atoms with van der Waals surface area (Å²) in [5.41, 5.74) is 2.52. The molecule has 0 aromatic heterocycles. The topological polar surface area (TPSA) is 116 Å². The van der Waals surface area contributed by atoms with Crippen LogP contribution in [0.15, 0.2) is 48.5 Å². The molecule has 3 aliphatic rings. The molecule has 2 aromatic carbocycles. The number of benzene rings is 2. The number of aliphatic hydroxyl groups is 1. The number of carbonyl (C=O) groups is 3. The Balaban J connectivity index is 1.25. The lowest BCUT2D eigenvalue weighted by Crippen LogP contribution is -2.59. The highest BCUT2D eigenvalue weighted by Gasteiger charge is 2.46. The van der Waals surface area contributed by atoms with E-state index in [2.05, 4.69) is 17.4 Å². The van der Waals surface area contributed by atoms with E-state index in [0.29, 0.717) is 13.0 Å². The standard InChI is InChI=1S/C26H28N2O6/c29-23(28-13-5-12-26(33,15-28)24(30)31)22(16-10-11-16)27-25(32)34-14-21-19-8-3-1-6-17(19)18-7-2-4-9-20(18)21/h1-4,6-9,16,21-22,33H,5,10-15H2,(H,27,32)(H,30,31). The fourth-order valence-corrected chi connectivity index (χ4v) is 5.17. The van der Waals surface area contributed by atoms with Crippen molar-refractivity contribution in [3.63, 3.8) is 0 Å². The van der Waals surface area contributed by atoms with Crippen LogP contribution in [0.2, 0.25) is 0 Å². The number of piperidine rings is 1. The first kappa shape index (κ1) is 22.4. The molecule has 0 radical (unpaired) electrons. The molecule has 2 aliphatic carbocycles. The van der Waals surface area contributed by atoms with Gasteiger partial charge in [0.2, 0.25) is 5.91 Å². The summed E-state index contributed by atoms with van der Waals surface area (Å²) in [7, 11) is 0. The van der Waals surface area contributed by atoms with Gasteiger partial charge in [-0.1, -0.05) is 48.5 Å². The van der Waals surface area contributed by atoms with Crippen molar-refractivity contribution >= 4 is 18.0 Å². The molecule has 1 saturated heterocycles. The maximum absolute atomic E-state index is 13.2. The van der Waals surface area contributed by atoms with Crippen molar-refractivity contribution in [1.82, 2.24) is 10.2 Å². The highest BCUT2D eigenvalue weighted by atomic mass is 16.5. The van der Waals surface area contributed by atoms with Crippen LogP contribution >= 0.6 is 0 Å². The van der Waals surface area contributed by atoms with Gasteiger partial charge in [0.05, 0.1) is 6.54 Å². The van der Waals surface area contributed by atoms with Crippen molar-refractivity contribution in [3.8, 4) is 11.1 Å². The minimum atomic E-state index is -1.95. The van der Waals surface area contributed by atoms with E-state index in [1.165, 1.54) is 4.90 Å². The number of hydrogen-bond acceptors (Lipinski definition) is 5. The van der Waals surface area contributed by atoms with Crippen molar-refractivity contribution in [2.45, 2.75) is 43.2 Å². The summed E-state index contributed by atoms with van der Waals surface area (Å²) in [6, 6.07) is 15.3. The molecule has 2 atom stereocenters. The Morgan fingerprint density at radius 2 is 1.68 bits per heavy atom. The summed E-state index contributed by atoms with van der Waals surface area (Å²) in [6.07, 6.45) is 1.42. The van der Waals surface area contributed by atoms with Crippen LogP contribution in [0.4, 0.5) is 4.79 Å². The molecule has 1 aliphatic heterocycles. The second-order valence-electron chi connectivity index (χ2n) is 9.49. The second-order valence-corrected chi connectivity index (χ2v) is 9.49. The van der Waals surface area contributed by atoms with E-state index in [0.717, 1.165) is 35.1 Å². The molecule has 2 fully saturated rings. The number of nitrogens with one attached hydrogen (secondary N) is 1. The van der Waals surface area contributed by atoms with Gasteiger partial charge in [0.15, 0.2) is 5.60 Å². The number of likely N-dealkylation sites (tertiary alicyclic amines) is 1. The van der Waals surface area contributed by atoms with Gasteiger partial charge in [0, 0.05) is 12.5 Å². The number of ether oxygens (including phenoxy) is 1. The summed E-state index contributed by atoms with van der Waals surface area (Å²) < 4.78 is 5.60. The molecular formula is C26H28N2O6. The zero-order valence-electron chi connectivity index (χ0n) is 18.8. The number of amides is 2. The molecule has 178 valence electrons. The average Bonchev–Trinajstić information content (AvgIpc) is 3.63. The predicted molar refractivity (Wildman–Crippen MR) is 123 cm³/mol. The zero-order valence-corrected chi connectivity index (χ0v) is 18.8. The van der Waals surface area contributed by atoms with Crippen molar-refractivity contribution in [2.75, 3.05) is 19.7 Å². The fourth-order valence-electron chi connectivity index (χ4n) is 5.17. The van der Waals surface area contributed by atoms with Gasteiger partial charge in [-0.3, -0.25) is 4.79 Å². The Bertz CT molecular complexity index is 1080. The molecule has 34 heavy (non-hydrogen) atoms. The Labute approximate surface area is 197 Å². The maximum Gasteiger partial charge on any atom is 0.407 e. The van der Waals surface area contributed by atoms with E-state index in [1.54, 1.807) is 0 Å². The maximum atomic E-state index is 13.2. The van der Waals surface area contributed by atoms with Crippen LogP contribution in [0, 0.1) is 5.92 Å². The number of nitrogens with zero attached hydrogens (tertiary/aromatic N) is 1. The predicted octanol–water partition coefficient (Wildman–Crippen LogP) is 2.74. The second kappa shape index (κ2) is 8.76. The fraction of sp³-hybridized carbons (Fsp3) is 0.423. The quantitative estimate of drug-likeness (QED) is 0.605. The number of fused-ring (bicyclic) bond motifs is 3. The molecule has 2 aromatic rings. The van der Waals surface area contributed by atoms with Crippen LogP contribution in [0.5, 0.6) is 0 Å². The SMILES string of the molecule is O=C(NC(C(=O)N1CCCC(O)(C(=O)O)C1)C1CC1)OCC1c2ccccc2-c2ccccc21. The van der Waals surface area contributed by atoms with Gasteiger partial charge >= 0.3 is 12.1 Å². The lowest BCUT2D eigenvalue weighted by Gasteiger charge is -2.38. The number of carboxylic acid groups (broad SMARTS) is 1. The van der Waals surface area contributed by atoms with Gasteiger partial charge in [-0.2, -0.15) is 0 Å². The largest absolute Gasteiger partial charge is 0.479 e. The Morgan fingerprint density at radius 1 is 1.06 bits per heavy atom. The van der Waals surface area contributed by atoms with Crippen molar-refractivity contribution < 1.29 is 29.3 Å². The molecular weight excluding hydrogens is 436 g/mol. The minimum absolute atomic E-state index is 0.00664. The van der Waals surface area contributed by atoms with E-state index in [4.69, 9.17) is 4.74 Å². The number of aliphatic carboxylic acids is 1. The first-order chi connectivity index (χ1) is 16.4. The van der Waals surface area contributed by atoms with Crippen LogP contribution < -0.4 is 5.32 Å². The van der Waals surface area contributed by atoms with Crippen LogP contribution in [0.1, 0.15) is 42.7 Å². The van der Waals surface area contributed by atoms with Crippen molar-refractivity contribution in [2.24, 2.45) is 5.92 Å². The molecule has 0 spiro atoms. The normalized spacial score (nSPS) is 22.4. The smallest absolute Gasteiger partial charge is 0.407 e. The first-order valence-electron chi connectivity index (χ1n) is 11.7. The summed E-state index contributed by atoms with van der Waals surface area (Å²) in [4.78, 5) is 38.7. The number of hydrogen-bond donors (Lipinski definition) is 3. The van der Waals surface area contributed by atoms with E-state index >= 15 is 0 Å². The lowest BCUT2D eigenvalue weighted by molar-refractivity contribution is -0.167. The molecule has 1 heterocycles. The highest BCUT2D eigenvalue weighted by Crippen LogP contribution is 2.44. The highest BCUT2D eigenvalue weighted by molar-refractivity contribution is 5.88. The van der Waals surface area contributed by atoms with Crippen LogP contribution in [-0.4, -0.2) is 64.4 Å². The number of rotatable bonds is 6. The Hall–Kier alpha value is -3.39. The summed E-state index contributed by atoms with van der Waals surface area (Å²) >= 11 is 0. The van der Waals surface area contributed by atoms with E-state index < -0.39 is 23.7 Å². The molecule has 2 amide bonds. The van der Waals surface area contributed by atoms with E-state index in [1.807, 2.05) is 36.4 Å². The Kier molecular flexibility index (Phi) is 5.77. The zero-order chi connectivity index (χ0) is 23.9. The Morgan fingerprint density at radius 3 is 2.26 bits per heavy atom. The van der Waals surface area contributed by atoms with E-state index in [-0.39, 0.29) is 37.3 Å². The van der Waals surface area contributed by atoms with Gasteiger partial charge < -0.3 is 25.2 Å². The monoisotopic (exact) mass is 464 g/mol. The molecule has 8 heteroatoms. The number of carboxylic acids is 1. The molecule has 8 nitrogen and oxygen atoms in total. The number of β-amino-alcohol motifs (C(OH)–C–C–N with tert-alkyl or cyclic N) is 1. The molecule has 3 N–H and O–H groups in total. The van der Waals surface area contributed by atoms with Gasteiger partial charge in [-0.25, -0.2) is 9.59 Å².